The summed E-state index contributed by atoms with van der Waals surface area (Å²) in [6, 6.07) is 0.487. The topological polar surface area (TPSA) is 73.6 Å². The maximum atomic E-state index is 11.5. The van der Waals surface area contributed by atoms with Gasteiger partial charge in [-0.25, -0.2) is 0 Å². The summed E-state index contributed by atoms with van der Waals surface area (Å²) < 4.78 is 10.3. The number of unbranched alkanes of at least 4 members (excludes halogenated alkanes) is 1. The van der Waals surface area contributed by atoms with Crippen LogP contribution >= 0.6 is 0 Å². The van der Waals surface area contributed by atoms with Crippen molar-refractivity contribution in [3.05, 3.63) is 0 Å². The maximum Gasteiger partial charge on any atom is 0.237 e. The van der Waals surface area contributed by atoms with E-state index in [9.17, 15) is 4.79 Å². The highest BCUT2D eigenvalue weighted by molar-refractivity contribution is 5.84. The van der Waals surface area contributed by atoms with Crippen LogP contribution in [0.1, 0.15) is 39.0 Å². The predicted octanol–water partition coefficient (Wildman–Crippen LogP) is 0.816. The summed E-state index contributed by atoms with van der Waals surface area (Å²) in [5.41, 5.74) is 4.92. The second-order valence-corrected chi connectivity index (χ2v) is 5.18. The number of rotatable bonds is 11. The number of hydrogen-bond acceptors (Lipinski definition) is 4. The Morgan fingerprint density at radius 3 is 2.61 bits per heavy atom. The molecule has 5 heteroatoms. The monoisotopic (exact) mass is 258 g/mol. The van der Waals surface area contributed by atoms with Crippen LogP contribution in [0.25, 0.3) is 0 Å². The van der Waals surface area contributed by atoms with Crippen molar-refractivity contribution in [1.29, 1.82) is 0 Å². The summed E-state index contributed by atoms with van der Waals surface area (Å²) in [7, 11) is 1.66. The smallest absolute Gasteiger partial charge is 0.237 e. The van der Waals surface area contributed by atoms with E-state index in [-0.39, 0.29) is 5.91 Å². The first-order valence-corrected chi connectivity index (χ1v) is 6.73. The van der Waals surface area contributed by atoms with Crippen molar-refractivity contribution < 1.29 is 14.3 Å². The molecule has 18 heavy (non-hydrogen) atoms. The van der Waals surface area contributed by atoms with E-state index in [2.05, 4.69) is 5.32 Å². The van der Waals surface area contributed by atoms with Gasteiger partial charge < -0.3 is 20.5 Å². The van der Waals surface area contributed by atoms with Crippen LogP contribution in [-0.2, 0) is 14.3 Å². The van der Waals surface area contributed by atoms with Crippen LogP contribution in [0.2, 0.25) is 0 Å². The number of primary amides is 1. The molecule has 1 atom stereocenters. The number of methoxy groups -OCH3 is 1. The number of carbonyl (C=O) groups excluding carboxylic acids is 1. The minimum absolute atomic E-state index is 0.255. The number of hydrogen-bond donors (Lipinski definition) is 2. The summed E-state index contributed by atoms with van der Waals surface area (Å²) >= 11 is 0. The Morgan fingerprint density at radius 2 is 2.06 bits per heavy atom. The van der Waals surface area contributed by atoms with Crippen molar-refractivity contribution in [2.45, 2.75) is 50.6 Å². The van der Waals surface area contributed by atoms with Crippen LogP contribution in [0.15, 0.2) is 0 Å². The number of nitrogens with two attached hydrogens (primary N) is 1. The first kappa shape index (κ1) is 15.4. The van der Waals surface area contributed by atoms with E-state index in [0.29, 0.717) is 25.9 Å². The Kier molecular flexibility index (Phi) is 6.60. The SMILES string of the molecule is COCCOCCCCC(C)(NC1CC1)C(N)=O. The van der Waals surface area contributed by atoms with Crippen LogP contribution in [0.5, 0.6) is 0 Å². The molecule has 0 aromatic carbocycles. The van der Waals surface area contributed by atoms with E-state index in [0.717, 1.165) is 32.1 Å². The summed E-state index contributed by atoms with van der Waals surface area (Å²) in [6.45, 7) is 3.87. The fourth-order valence-electron chi connectivity index (χ4n) is 1.87. The van der Waals surface area contributed by atoms with Crippen molar-refractivity contribution in [2.24, 2.45) is 5.73 Å². The average molecular weight is 258 g/mol. The lowest BCUT2D eigenvalue weighted by molar-refractivity contribution is -0.124. The van der Waals surface area contributed by atoms with Crippen LogP contribution < -0.4 is 11.1 Å². The Bertz CT molecular complexity index is 257. The fourth-order valence-corrected chi connectivity index (χ4v) is 1.87. The third-order valence-electron chi connectivity index (χ3n) is 3.29. The van der Waals surface area contributed by atoms with E-state index in [1.165, 1.54) is 0 Å². The van der Waals surface area contributed by atoms with Crippen LogP contribution in [0.4, 0.5) is 0 Å². The highest BCUT2D eigenvalue weighted by Crippen LogP contribution is 2.25. The molecular weight excluding hydrogens is 232 g/mol. The second-order valence-electron chi connectivity index (χ2n) is 5.18. The van der Waals surface area contributed by atoms with Crippen molar-refractivity contribution in [3.63, 3.8) is 0 Å². The third kappa shape index (κ3) is 5.80. The molecule has 0 aromatic rings. The van der Waals surface area contributed by atoms with Gasteiger partial charge in [0.15, 0.2) is 0 Å². The molecule has 1 amide bonds. The predicted molar refractivity (Wildman–Crippen MR) is 70.3 cm³/mol. The molecule has 0 saturated heterocycles. The molecule has 3 N–H and O–H groups in total. The van der Waals surface area contributed by atoms with Gasteiger partial charge in [0.25, 0.3) is 0 Å². The summed E-state index contributed by atoms with van der Waals surface area (Å²) in [5, 5.41) is 3.34. The third-order valence-corrected chi connectivity index (χ3v) is 3.29. The molecule has 0 aliphatic heterocycles. The molecule has 0 bridgehead atoms. The van der Waals surface area contributed by atoms with Gasteiger partial charge in [-0.1, -0.05) is 0 Å². The second kappa shape index (κ2) is 7.71. The van der Waals surface area contributed by atoms with Crippen molar-refractivity contribution in [1.82, 2.24) is 5.32 Å². The van der Waals surface area contributed by atoms with Crippen LogP contribution in [0, 0.1) is 0 Å². The molecule has 1 unspecified atom stereocenters. The largest absolute Gasteiger partial charge is 0.382 e. The normalized spacial score (nSPS) is 18.6. The first-order chi connectivity index (χ1) is 8.58. The zero-order valence-electron chi connectivity index (χ0n) is 11.5. The summed E-state index contributed by atoms with van der Waals surface area (Å²) in [4.78, 5) is 11.5. The average Bonchev–Trinajstić information content (AvgIpc) is 3.11. The number of amides is 1. The molecule has 1 aliphatic carbocycles. The number of carbonyl (C=O) groups is 1. The summed E-state index contributed by atoms with van der Waals surface area (Å²) in [6.07, 6.45) is 4.96. The van der Waals surface area contributed by atoms with E-state index >= 15 is 0 Å². The Morgan fingerprint density at radius 1 is 1.33 bits per heavy atom. The molecule has 1 saturated carbocycles. The molecule has 0 heterocycles. The Hall–Kier alpha value is -0.650. The zero-order chi connectivity index (χ0) is 13.4. The van der Waals surface area contributed by atoms with Gasteiger partial charge in [-0.15, -0.1) is 0 Å². The Labute approximate surface area is 109 Å². The van der Waals surface area contributed by atoms with Gasteiger partial charge in [-0.3, -0.25) is 4.79 Å². The van der Waals surface area contributed by atoms with E-state index in [4.69, 9.17) is 15.2 Å². The molecule has 0 spiro atoms. The highest BCUT2D eigenvalue weighted by atomic mass is 16.5. The lowest BCUT2D eigenvalue weighted by Crippen LogP contribution is -2.53. The van der Waals surface area contributed by atoms with Gasteiger partial charge in [-0.05, 0) is 39.0 Å². The number of ether oxygens (including phenoxy) is 2. The number of nitrogens with one attached hydrogen (secondary N) is 1. The maximum absolute atomic E-state index is 11.5. The van der Waals surface area contributed by atoms with Gasteiger partial charge in [0.1, 0.15) is 0 Å². The van der Waals surface area contributed by atoms with Gasteiger partial charge >= 0.3 is 0 Å². The van der Waals surface area contributed by atoms with Gasteiger partial charge in [0.05, 0.1) is 18.8 Å². The van der Waals surface area contributed by atoms with E-state index < -0.39 is 5.54 Å². The minimum atomic E-state index is -0.562. The lowest BCUT2D eigenvalue weighted by Gasteiger charge is -2.27. The van der Waals surface area contributed by atoms with Crippen molar-refractivity contribution >= 4 is 5.91 Å². The van der Waals surface area contributed by atoms with Crippen LogP contribution in [-0.4, -0.2) is 44.4 Å². The molecule has 1 fully saturated rings. The van der Waals surface area contributed by atoms with Gasteiger partial charge in [0, 0.05) is 19.8 Å². The van der Waals surface area contributed by atoms with Gasteiger partial charge in [-0.2, -0.15) is 0 Å². The van der Waals surface area contributed by atoms with Crippen molar-refractivity contribution in [3.8, 4) is 0 Å². The molecule has 106 valence electrons. The van der Waals surface area contributed by atoms with Crippen molar-refractivity contribution in [2.75, 3.05) is 26.9 Å². The first-order valence-electron chi connectivity index (χ1n) is 6.73. The molecule has 0 aromatic heterocycles. The minimum Gasteiger partial charge on any atom is -0.382 e. The highest BCUT2D eigenvalue weighted by Gasteiger charge is 2.36. The molecule has 5 nitrogen and oxygen atoms in total. The molecular formula is C13H26N2O3. The standard InChI is InChI=1S/C13H26N2O3/c1-13(12(14)16,15-11-5-6-11)7-3-4-8-18-10-9-17-2/h11,15H,3-10H2,1-2H3,(H2,14,16). The molecule has 0 radical (unpaired) electrons. The fraction of sp³-hybridized carbons (Fsp3) is 0.923. The van der Waals surface area contributed by atoms with Gasteiger partial charge in [0.2, 0.25) is 5.91 Å². The Balaban J connectivity index is 2.11. The summed E-state index contributed by atoms with van der Waals surface area (Å²) in [5.74, 6) is -0.255. The van der Waals surface area contributed by atoms with E-state index in [1.54, 1.807) is 7.11 Å². The molecule has 1 rings (SSSR count). The molecule has 1 aliphatic rings. The zero-order valence-corrected chi connectivity index (χ0v) is 11.5. The quantitative estimate of drug-likeness (QED) is 0.538. The lowest BCUT2D eigenvalue weighted by atomic mass is 9.94. The van der Waals surface area contributed by atoms with E-state index in [1.807, 2.05) is 6.92 Å². The van der Waals surface area contributed by atoms with Crippen LogP contribution in [0.3, 0.4) is 0 Å².